The van der Waals surface area contributed by atoms with Crippen LogP contribution >= 0.6 is 0 Å². The van der Waals surface area contributed by atoms with Gasteiger partial charge in [0, 0.05) is 49.7 Å². The predicted octanol–water partition coefficient (Wildman–Crippen LogP) is 5.55. The highest BCUT2D eigenvalue weighted by Crippen LogP contribution is 2.09. The van der Waals surface area contributed by atoms with Crippen LogP contribution in [-0.4, -0.2) is 67.3 Å². The van der Waals surface area contributed by atoms with E-state index < -0.39 is 0 Å². The minimum atomic E-state index is -0.175. The van der Waals surface area contributed by atoms with Crippen molar-refractivity contribution in [3.63, 3.8) is 0 Å². The average molecular weight is 671 g/mol. The molecule has 48 heavy (non-hydrogen) atoms. The van der Waals surface area contributed by atoms with E-state index in [4.69, 9.17) is 0 Å². The van der Waals surface area contributed by atoms with Gasteiger partial charge in [0.2, 0.25) is 0 Å². The van der Waals surface area contributed by atoms with Gasteiger partial charge in [-0.15, -0.1) is 0 Å². The molecule has 0 N–H and O–H groups in total. The Morgan fingerprint density at radius 2 is 0.646 bits per heavy atom. The van der Waals surface area contributed by atoms with E-state index in [-0.39, 0.29) is 22.5 Å². The largest absolute Gasteiger partial charge is 0.331 e. The van der Waals surface area contributed by atoms with Gasteiger partial charge in [0.15, 0.2) is 0 Å². The van der Waals surface area contributed by atoms with Crippen LogP contribution in [0.15, 0.2) is 31.3 Å². The van der Waals surface area contributed by atoms with Crippen molar-refractivity contribution in [3.8, 4) is 0 Å². The van der Waals surface area contributed by atoms with Crippen molar-refractivity contribution in [1.82, 2.24) is 28.1 Å². The summed E-state index contributed by atoms with van der Waals surface area (Å²) in [4.78, 5) is 56.8. The highest BCUT2D eigenvalue weighted by atomic mass is 16.2. The summed E-state index contributed by atoms with van der Waals surface area (Å²) in [5, 5.41) is 0. The molecule has 0 aromatic carbocycles. The van der Waals surface area contributed by atoms with Crippen LogP contribution in [0.3, 0.4) is 0 Å². The third kappa shape index (κ3) is 13.0. The van der Waals surface area contributed by atoms with E-state index in [9.17, 15) is 19.2 Å². The van der Waals surface area contributed by atoms with E-state index in [1.165, 1.54) is 9.13 Å². The van der Waals surface area contributed by atoms with Gasteiger partial charge in [0.05, 0.1) is 0 Å². The maximum Gasteiger partial charge on any atom is 0.331 e. The molecule has 10 heteroatoms. The molecule has 3 rings (SSSR count). The van der Waals surface area contributed by atoms with E-state index in [1.807, 2.05) is 13.8 Å². The zero-order valence-corrected chi connectivity index (χ0v) is 30.9. The van der Waals surface area contributed by atoms with Crippen LogP contribution in [0.2, 0.25) is 0 Å². The highest BCUT2D eigenvalue weighted by molar-refractivity contribution is 5.01. The van der Waals surface area contributed by atoms with Crippen molar-refractivity contribution in [3.05, 3.63) is 65.2 Å². The molecular formula is C38H66N6O4. The van der Waals surface area contributed by atoms with Crippen molar-refractivity contribution in [2.24, 2.45) is 0 Å². The lowest BCUT2D eigenvalue weighted by Gasteiger charge is -2.20. The second-order valence-electron chi connectivity index (χ2n) is 13.9. The molecule has 0 amide bonds. The van der Waals surface area contributed by atoms with Gasteiger partial charge in [-0.2, -0.15) is 0 Å². The van der Waals surface area contributed by atoms with Gasteiger partial charge in [-0.3, -0.25) is 27.9 Å². The Balaban J connectivity index is 1.58. The molecule has 0 aliphatic carbocycles. The topological polar surface area (TPSA) is 94.5 Å². The average Bonchev–Trinajstić information content (AvgIpc) is 3.06. The normalized spacial score (nSPS) is 19.2. The number of aromatic nitrogens is 4. The Bertz CT molecular complexity index is 1350. The molecule has 2 aromatic rings. The van der Waals surface area contributed by atoms with Crippen molar-refractivity contribution in [2.75, 3.05) is 39.3 Å². The summed E-state index contributed by atoms with van der Waals surface area (Å²) in [6.07, 6.45) is 16.7. The van der Waals surface area contributed by atoms with Gasteiger partial charge in [-0.05, 0) is 104 Å². The van der Waals surface area contributed by atoms with Crippen molar-refractivity contribution in [1.29, 1.82) is 0 Å². The fourth-order valence-corrected chi connectivity index (χ4v) is 7.10. The molecule has 4 bridgehead atoms. The van der Waals surface area contributed by atoms with E-state index in [0.717, 1.165) is 153 Å². The number of hydrogen-bond acceptors (Lipinski definition) is 6. The van der Waals surface area contributed by atoms with Gasteiger partial charge in [0.25, 0.3) is 11.1 Å². The van der Waals surface area contributed by atoms with Crippen LogP contribution < -0.4 is 22.5 Å². The van der Waals surface area contributed by atoms with Crippen LogP contribution in [-0.2, 0) is 26.2 Å². The third-order valence-electron chi connectivity index (χ3n) is 10.3. The van der Waals surface area contributed by atoms with Crippen LogP contribution in [0.25, 0.3) is 0 Å². The lowest BCUT2D eigenvalue weighted by atomic mass is 10.1. The molecule has 0 saturated carbocycles. The summed E-state index contributed by atoms with van der Waals surface area (Å²) in [6, 6.07) is 3.26. The highest BCUT2D eigenvalue weighted by Gasteiger charge is 2.11. The Hall–Kier alpha value is -2.72. The van der Waals surface area contributed by atoms with E-state index in [2.05, 4.69) is 23.6 Å². The molecule has 0 saturated heterocycles. The van der Waals surface area contributed by atoms with Crippen molar-refractivity contribution < 1.29 is 0 Å². The fourth-order valence-electron chi connectivity index (χ4n) is 7.10. The summed E-state index contributed by atoms with van der Waals surface area (Å²) in [7, 11) is 0. The Labute approximate surface area is 288 Å². The zero-order valence-electron chi connectivity index (χ0n) is 30.9. The first-order chi connectivity index (χ1) is 23.3. The zero-order chi connectivity index (χ0) is 34.7. The predicted molar refractivity (Wildman–Crippen MR) is 197 cm³/mol. The first-order valence-electron chi connectivity index (χ1n) is 19.3. The SMILES string of the molecule is CCN1CCCCCCn2c(C)cc(=O)n(c2=O)CCCCCCN(CC)CCCCCCn2c(=O)cc(C)n(c2=O)CCCCCC1. The van der Waals surface area contributed by atoms with Gasteiger partial charge in [-0.25, -0.2) is 9.59 Å². The monoisotopic (exact) mass is 671 g/mol. The molecule has 2 aromatic heterocycles. The molecule has 0 unspecified atom stereocenters. The quantitative estimate of drug-likeness (QED) is 0.416. The standard InChI is InChI=1S/C38H66N6O4/c1-5-39-23-15-7-11-19-27-41-33(3)31-35(45)43(37(41)47)29-21-13-9-17-25-40(6-2)26-18-10-14-22-30-44-36(46)32-34(4)42(38(44)48)28-20-12-8-16-24-39/h31-32H,5-30H2,1-4H3. The molecule has 1 aliphatic rings. The first kappa shape index (κ1) is 39.7. The maximum atomic E-state index is 13.2. The second-order valence-corrected chi connectivity index (χ2v) is 13.9. The summed E-state index contributed by atoms with van der Waals surface area (Å²) >= 11 is 0. The smallest absolute Gasteiger partial charge is 0.304 e. The Morgan fingerprint density at radius 1 is 0.396 bits per heavy atom. The van der Waals surface area contributed by atoms with Crippen LogP contribution in [0.1, 0.15) is 128 Å². The second kappa shape index (κ2) is 22.1. The molecule has 3 heterocycles. The third-order valence-corrected chi connectivity index (χ3v) is 10.3. The summed E-state index contributed by atoms with van der Waals surface area (Å²) in [5.74, 6) is 0. The van der Waals surface area contributed by atoms with Gasteiger partial charge in [-0.1, -0.05) is 65.2 Å². The van der Waals surface area contributed by atoms with Gasteiger partial charge in [0.1, 0.15) is 0 Å². The molecular weight excluding hydrogens is 604 g/mol. The minimum absolute atomic E-state index is 0.150. The van der Waals surface area contributed by atoms with Gasteiger partial charge >= 0.3 is 11.4 Å². The number of fused-ring (bicyclic) bond motifs is 4. The number of nitrogens with zero attached hydrogens (tertiary/aromatic N) is 6. The summed E-state index contributed by atoms with van der Waals surface area (Å²) < 4.78 is 6.49. The van der Waals surface area contributed by atoms with E-state index in [0.29, 0.717) is 26.2 Å². The summed E-state index contributed by atoms with van der Waals surface area (Å²) in [6.45, 7) is 16.9. The van der Waals surface area contributed by atoms with Crippen LogP contribution in [0.5, 0.6) is 0 Å². The fraction of sp³-hybridized carbons (Fsp3) is 0.789. The first-order valence-corrected chi connectivity index (χ1v) is 19.3. The van der Waals surface area contributed by atoms with E-state index >= 15 is 0 Å². The molecule has 272 valence electrons. The molecule has 1 aliphatic heterocycles. The lowest BCUT2D eigenvalue weighted by Crippen LogP contribution is -2.40. The molecule has 0 spiro atoms. The van der Waals surface area contributed by atoms with E-state index in [1.54, 1.807) is 21.3 Å². The van der Waals surface area contributed by atoms with Crippen LogP contribution in [0.4, 0.5) is 0 Å². The number of rotatable bonds is 2. The molecule has 0 radical (unpaired) electrons. The molecule has 10 nitrogen and oxygen atoms in total. The molecule has 0 atom stereocenters. The lowest BCUT2D eigenvalue weighted by molar-refractivity contribution is 0.272. The Kier molecular flexibility index (Phi) is 18.3. The van der Waals surface area contributed by atoms with Crippen LogP contribution in [0, 0.1) is 13.8 Å². The Morgan fingerprint density at radius 3 is 0.917 bits per heavy atom. The number of hydrogen-bond donors (Lipinski definition) is 0. The minimum Gasteiger partial charge on any atom is -0.304 e. The summed E-state index contributed by atoms with van der Waals surface area (Å²) in [5.41, 5.74) is 0.879. The van der Waals surface area contributed by atoms with Crippen molar-refractivity contribution in [2.45, 2.75) is 157 Å². The maximum absolute atomic E-state index is 13.2. The van der Waals surface area contributed by atoms with Gasteiger partial charge < -0.3 is 9.80 Å². The number of aryl methyl sites for hydroxylation is 2. The van der Waals surface area contributed by atoms with Crippen molar-refractivity contribution >= 4 is 0 Å². The molecule has 0 fully saturated rings.